The van der Waals surface area contributed by atoms with Crippen molar-refractivity contribution in [1.29, 1.82) is 0 Å². The maximum absolute atomic E-state index is 13.4. The molecule has 6 rings (SSSR count). The molecule has 3 N–H and O–H groups in total. The summed E-state index contributed by atoms with van der Waals surface area (Å²) in [6.07, 6.45) is 3.46. The quantitative estimate of drug-likeness (QED) is 0.352. The Balaban J connectivity index is 1.40. The van der Waals surface area contributed by atoms with E-state index in [0.717, 1.165) is 35.0 Å². The predicted molar refractivity (Wildman–Crippen MR) is 135 cm³/mol. The number of carbonyl (C=O) groups is 1. The van der Waals surface area contributed by atoms with Gasteiger partial charge >= 0.3 is 0 Å². The Morgan fingerprint density at radius 1 is 1.00 bits per heavy atom. The molecule has 180 valence electrons. The lowest BCUT2D eigenvalue weighted by Gasteiger charge is -2.41. The van der Waals surface area contributed by atoms with Crippen LogP contribution in [0.5, 0.6) is 0 Å². The van der Waals surface area contributed by atoms with E-state index in [1.807, 2.05) is 48.5 Å². The third-order valence-corrected chi connectivity index (χ3v) is 8.52. The van der Waals surface area contributed by atoms with Crippen molar-refractivity contribution in [2.24, 2.45) is 5.92 Å². The molecule has 1 aromatic heterocycles. The first-order chi connectivity index (χ1) is 16.9. The highest BCUT2D eigenvalue weighted by molar-refractivity contribution is 8.25. The second-order valence-corrected chi connectivity index (χ2v) is 11.1. The molecule has 3 aromatic carbocycles. The first-order valence-corrected chi connectivity index (χ1v) is 13.2. The maximum atomic E-state index is 13.4. The third kappa shape index (κ3) is 4.05. The zero-order chi connectivity index (χ0) is 24.2. The van der Waals surface area contributed by atoms with Gasteiger partial charge in [0.2, 0.25) is 5.91 Å². The molecule has 35 heavy (non-hydrogen) atoms. The van der Waals surface area contributed by atoms with Crippen molar-refractivity contribution in [2.75, 3.05) is 10.1 Å². The van der Waals surface area contributed by atoms with Crippen LogP contribution in [0.2, 0.25) is 0 Å². The Hall–Kier alpha value is -3.40. The molecule has 1 aliphatic carbocycles. The molecular weight excluding hydrogens is 467 g/mol. The molecule has 0 radical (unpaired) electrons. The van der Waals surface area contributed by atoms with E-state index in [2.05, 4.69) is 10.4 Å². The Kier molecular flexibility index (Phi) is 5.28. The van der Waals surface area contributed by atoms with Gasteiger partial charge in [-0.2, -0.15) is 5.10 Å². The molecule has 1 aliphatic heterocycles. The fourth-order valence-electron chi connectivity index (χ4n) is 4.82. The normalized spacial score (nSPS) is 22.3. The van der Waals surface area contributed by atoms with E-state index in [1.54, 1.807) is 27.3 Å². The van der Waals surface area contributed by atoms with Crippen LogP contribution in [-0.2, 0) is 4.79 Å². The van der Waals surface area contributed by atoms with Gasteiger partial charge in [0, 0.05) is 11.3 Å². The van der Waals surface area contributed by atoms with Gasteiger partial charge in [-0.1, -0.05) is 30.3 Å². The van der Waals surface area contributed by atoms with E-state index in [0.29, 0.717) is 5.69 Å². The summed E-state index contributed by atoms with van der Waals surface area (Å²) in [5.41, 5.74) is 3.07. The number of rotatable bonds is 5. The van der Waals surface area contributed by atoms with Gasteiger partial charge < -0.3 is 5.32 Å². The summed E-state index contributed by atoms with van der Waals surface area (Å²) in [4.78, 5) is 12.6. The topological polar surface area (TPSA) is 90.6 Å². The van der Waals surface area contributed by atoms with Crippen LogP contribution >= 0.6 is 10.8 Å². The molecule has 1 saturated heterocycles. The summed E-state index contributed by atoms with van der Waals surface area (Å²) in [5, 5.41) is 8.35. The van der Waals surface area contributed by atoms with Gasteiger partial charge in [-0.25, -0.2) is 9.07 Å². The van der Waals surface area contributed by atoms with Crippen LogP contribution in [0.25, 0.3) is 16.6 Å². The summed E-state index contributed by atoms with van der Waals surface area (Å²) in [7, 11) is -3.21. The van der Waals surface area contributed by atoms with Gasteiger partial charge in [-0.15, -0.1) is 10.8 Å². The SMILES string of the molecule is O=C(N[C@H]1CS(O)(O)N(c2ccc3c(cnn3-c3ccc(F)cc3)c2)[C@@H]1c1ccccc1)C1CC1. The van der Waals surface area contributed by atoms with Crippen molar-refractivity contribution >= 4 is 33.3 Å². The monoisotopic (exact) mass is 492 g/mol. The molecule has 4 aromatic rings. The summed E-state index contributed by atoms with van der Waals surface area (Å²) in [6, 6.07) is 20.4. The average Bonchev–Trinajstić information content (AvgIpc) is 3.57. The molecule has 2 atom stereocenters. The lowest BCUT2D eigenvalue weighted by Crippen LogP contribution is -2.41. The van der Waals surface area contributed by atoms with Crippen molar-refractivity contribution in [3.05, 3.63) is 90.4 Å². The minimum absolute atomic E-state index is 0.0240. The number of nitrogens with zero attached hydrogens (tertiary/aromatic N) is 3. The Morgan fingerprint density at radius 3 is 2.43 bits per heavy atom. The summed E-state index contributed by atoms with van der Waals surface area (Å²) in [6.45, 7) is 0. The number of carbonyl (C=O) groups excluding carboxylic acids is 1. The Bertz CT molecular complexity index is 1390. The van der Waals surface area contributed by atoms with Crippen molar-refractivity contribution in [2.45, 2.75) is 24.9 Å². The van der Waals surface area contributed by atoms with Crippen LogP contribution in [0, 0.1) is 11.7 Å². The average molecular weight is 493 g/mol. The maximum Gasteiger partial charge on any atom is 0.223 e. The number of nitrogens with one attached hydrogen (secondary N) is 1. The first kappa shape index (κ1) is 22.1. The second-order valence-electron chi connectivity index (χ2n) is 9.15. The summed E-state index contributed by atoms with van der Waals surface area (Å²) < 4.78 is 39.2. The van der Waals surface area contributed by atoms with Crippen molar-refractivity contribution in [1.82, 2.24) is 15.1 Å². The van der Waals surface area contributed by atoms with Gasteiger partial charge in [0.25, 0.3) is 0 Å². The molecule has 0 bridgehead atoms. The third-order valence-electron chi connectivity index (χ3n) is 6.65. The number of fused-ring (bicyclic) bond motifs is 1. The minimum atomic E-state index is -3.21. The molecule has 1 saturated carbocycles. The van der Waals surface area contributed by atoms with E-state index < -0.39 is 22.9 Å². The molecule has 2 aliphatic rings. The van der Waals surface area contributed by atoms with Crippen LogP contribution in [0.15, 0.2) is 79.0 Å². The van der Waals surface area contributed by atoms with Crippen molar-refractivity contribution in [3.63, 3.8) is 0 Å². The Morgan fingerprint density at radius 2 is 1.71 bits per heavy atom. The smallest absolute Gasteiger partial charge is 0.223 e. The number of hydrogen-bond acceptors (Lipinski definition) is 5. The highest BCUT2D eigenvalue weighted by Gasteiger charge is 2.47. The number of amides is 1. The standard InChI is InChI=1S/C26H25FN4O3S/c27-20-8-10-21(11-9-20)30-24-13-12-22(14-19(24)15-28-30)31-25(17-4-2-1-3-5-17)23(16-35(31,33)34)29-26(32)18-6-7-18/h1-5,8-15,18,23,25,33-34H,6-7,16H2,(H,29,32)/t23-,25+/m0/s1. The molecule has 1 amide bonds. The number of anilines is 1. The van der Waals surface area contributed by atoms with E-state index in [4.69, 9.17) is 0 Å². The summed E-state index contributed by atoms with van der Waals surface area (Å²) in [5.74, 6) is -0.264. The van der Waals surface area contributed by atoms with E-state index >= 15 is 0 Å². The van der Waals surface area contributed by atoms with Crippen molar-refractivity contribution < 1.29 is 18.3 Å². The zero-order valence-electron chi connectivity index (χ0n) is 18.8. The van der Waals surface area contributed by atoms with Gasteiger partial charge in [-0.3, -0.25) is 18.2 Å². The Labute approximate surface area is 203 Å². The van der Waals surface area contributed by atoms with Crippen LogP contribution in [0.3, 0.4) is 0 Å². The zero-order valence-corrected chi connectivity index (χ0v) is 19.6. The van der Waals surface area contributed by atoms with Crippen LogP contribution in [0.4, 0.5) is 10.1 Å². The van der Waals surface area contributed by atoms with E-state index in [1.165, 1.54) is 12.1 Å². The van der Waals surface area contributed by atoms with Gasteiger partial charge in [0.05, 0.1) is 40.9 Å². The minimum Gasteiger partial charge on any atom is -0.349 e. The fraction of sp³-hybridized carbons (Fsp3) is 0.231. The predicted octanol–water partition coefficient (Wildman–Crippen LogP) is 5.29. The largest absolute Gasteiger partial charge is 0.349 e. The highest BCUT2D eigenvalue weighted by atomic mass is 32.3. The molecular formula is C26H25FN4O3S. The lowest BCUT2D eigenvalue weighted by molar-refractivity contribution is -0.122. The fourth-order valence-corrected chi connectivity index (χ4v) is 6.81. The lowest BCUT2D eigenvalue weighted by atomic mass is 9.99. The van der Waals surface area contributed by atoms with Gasteiger partial charge in [-0.05, 0) is 60.9 Å². The second kappa shape index (κ2) is 8.37. The number of benzene rings is 3. The van der Waals surface area contributed by atoms with Gasteiger partial charge in [0.15, 0.2) is 0 Å². The highest BCUT2D eigenvalue weighted by Crippen LogP contribution is 2.59. The molecule has 0 unspecified atom stereocenters. The summed E-state index contributed by atoms with van der Waals surface area (Å²) >= 11 is 0. The van der Waals surface area contributed by atoms with E-state index in [9.17, 15) is 18.3 Å². The molecule has 9 heteroatoms. The number of hydrogen-bond donors (Lipinski definition) is 3. The molecule has 0 spiro atoms. The molecule has 2 heterocycles. The first-order valence-electron chi connectivity index (χ1n) is 11.5. The van der Waals surface area contributed by atoms with Crippen LogP contribution < -0.4 is 9.62 Å². The number of aromatic nitrogens is 2. The number of halogens is 1. The van der Waals surface area contributed by atoms with Crippen LogP contribution in [0.1, 0.15) is 24.4 Å². The van der Waals surface area contributed by atoms with Crippen molar-refractivity contribution in [3.8, 4) is 5.69 Å². The molecule has 7 nitrogen and oxygen atoms in total. The molecule has 2 fully saturated rings. The van der Waals surface area contributed by atoms with Crippen LogP contribution in [-0.4, -0.2) is 36.6 Å². The van der Waals surface area contributed by atoms with E-state index in [-0.39, 0.29) is 23.4 Å². The van der Waals surface area contributed by atoms with Gasteiger partial charge in [0.1, 0.15) is 5.82 Å².